The molecule has 4 nitrogen and oxygen atoms in total. The molecule has 1 aromatic rings. The summed E-state index contributed by atoms with van der Waals surface area (Å²) in [5.74, 6) is 1.85. The molecule has 1 aliphatic heterocycles. The summed E-state index contributed by atoms with van der Waals surface area (Å²) in [6.07, 6.45) is 0. The molecule has 1 aliphatic rings. The van der Waals surface area contributed by atoms with Gasteiger partial charge in [-0.05, 0) is 33.5 Å². The first-order valence-electron chi connectivity index (χ1n) is 5.13. The highest BCUT2D eigenvalue weighted by Gasteiger charge is 2.25. The summed E-state index contributed by atoms with van der Waals surface area (Å²) < 4.78 is 11.8. The van der Waals surface area contributed by atoms with E-state index in [2.05, 4.69) is 35.3 Å². The van der Waals surface area contributed by atoms with Crippen LogP contribution in [0, 0.1) is 0 Å². The summed E-state index contributed by atoms with van der Waals surface area (Å²) in [5, 5.41) is 8.83. The van der Waals surface area contributed by atoms with Gasteiger partial charge < -0.3 is 14.7 Å². The third kappa shape index (κ3) is 1.90. The van der Waals surface area contributed by atoms with Crippen LogP contribution in [0.2, 0.25) is 0 Å². The molecule has 2 N–H and O–H groups in total. The predicted molar refractivity (Wildman–Crippen MR) is 63.0 cm³/mol. The number of hydrogen-bond donors (Lipinski definition) is 2. The van der Waals surface area contributed by atoms with Crippen molar-refractivity contribution in [2.45, 2.75) is 26.3 Å². The summed E-state index contributed by atoms with van der Waals surface area (Å²) in [4.78, 5) is 0. The molecule has 1 heterocycles. The van der Waals surface area contributed by atoms with Gasteiger partial charge in [0.1, 0.15) is 0 Å². The monoisotopic (exact) mass is 287 g/mol. The highest BCUT2D eigenvalue weighted by atomic mass is 79.9. The molecule has 0 saturated heterocycles. The van der Waals surface area contributed by atoms with Gasteiger partial charge in [0, 0.05) is 12.1 Å². The zero-order valence-corrected chi connectivity index (χ0v) is 10.8. The summed E-state index contributed by atoms with van der Waals surface area (Å²) in [7, 11) is 0. The molecular formula is C11H14BrNO3. The highest BCUT2D eigenvalue weighted by Crippen LogP contribution is 2.46. The second kappa shape index (κ2) is 4.61. The fourth-order valence-electron chi connectivity index (χ4n) is 1.96. The molecule has 2 rings (SSSR count). The normalized spacial score (nSPS) is 13.6. The Morgan fingerprint density at radius 1 is 1.44 bits per heavy atom. The molecule has 0 aromatic heterocycles. The van der Waals surface area contributed by atoms with Crippen LogP contribution in [0.25, 0.3) is 0 Å². The number of nitrogens with one attached hydrogen (secondary N) is 1. The molecule has 0 saturated carbocycles. The van der Waals surface area contributed by atoms with Crippen LogP contribution < -0.4 is 15.0 Å². The van der Waals surface area contributed by atoms with Crippen molar-refractivity contribution in [2.24, 2.45) is 0 Å². The standard InChI is InChI=1S/C11H14BrNO3/c1-6(2)9-7(4-13-14)3-8(12)10-11(9)16-5-15-10/h3,6,13-14H,4-5H2,1-2H3. The van der Waals surface area contributed by atoms with Crippen molar-refractivity contribution in [3.05, 3.63) is 21.7 Å². The van der Waals surface area contributed by atoms with E-state index in [1.807, 2.05) is 6.07 Å². The number of benzene rings is 1. The van der Waals surface area contributed by atoms with Crippen LogP contribution in [0.4, 0.5) is 0 Å². The van der Waals surface area contributed by atoms with Gasteiger partial charge in [0.2, 0.25) is 6.79 Å². The van der Waals surface area contributed by atoms with Gasteiger partial charge in [-0.25, -0.2) is 5.48 Å². The van der Waals surface area contributed by atoms with Gasteiger partial charge in [-0.3, -0.25) is 0 Å². The zero-order valence-electron chi connectivity index (χ0n) is 9.21. The Labute approximate surface area is 103 Å². The Morgan fingerprint density at radius 3 is 2.75 bits per heavy atom. The zero-order chi connectivity index (χ0) is 11.7. The Balaban J connectivity index is 2.57. The molecule has 0 spiro atoms. The van der Waals surface area contributed by atoms with E-state index in [0.29, 0.717) is 12.5 Å². The third-order valence-electron chi connectivity index (χ3n) is 2.57. The first kappa shape index (κ1) is 11.7. The number of hydrogen-bond acceptors (Lipinski definition) is 4. The van der Waals surface area contributed by atoms with Crippen LogP contribution >= 0.6 is 15.9 Å². The van der Waals surface area contributed by atoms with E-state index in [9.17, 15) is 0 Å². The van der Waals surface area contributed by atoms with Crippen molar-refractivity contribution < 1.29 is 14.7 Å². The van der Waals surface area contributed by atoms with Crippen LogP contribution in [0.1, 0.15) is 30.9 Å². The fraction of sp³-hybridized carbons (Fsp3) is 0.455. The molecule has 5 heteroatoms. The maximum absolute atomic E-state index is 8.83. The minimum absolute atomic E-state index is 0.254. The van der Waals surface area contributed by atoms with E-state index in [1.165, 1.54) is 0 Å². The predicted octanol–water partition coefficient (Wildman–Crippen LogP) is 2.78. The lowest BCUT2D eigenvalue weighted by Crippen LogP contribution is -2.10. The number of halogens is 1. The first-order chi connectivity index (χ1) is 7.65. The largest absolute Gasteiger partial charge is 0.453 e. The van der Waals surface area contributed by atoms with E-state index >= 15 is 0 Å². The number of rotatable bonds is 3. The summed E-state index contributed by atoms with van der Waals surface area (Å²) in [6, 6.07) is 1.95. The van der Waals surface area contributed by atoms with Crippen LogP contribution in [0.3, 0.4) is 0 Å². The van der Waals surface area contributed by atoms with Gasteiger partial charge in [0.15, 0.2) is 11.5 Å². The van der Waals surface area contributed by atoms with E-state index in [1.54, 1.807) is 0 Å². The van der Waals surface area contributed by atoms with Crippen LogP contribution in [0.5, 0.6) is 11.5 Å². The van der Waals surface area contributed by atoms with E-state index < -0.39 is 0 Å². The van der Waals surface area contributed by atoms with Gasteiger partial charge >= 0.3 is 0 Å². The van der Waals surface area contributed by atoms with Crippen molar-refractivity contribution in [3.8, 4) is 11.5 Å². The van der Waals surface area contributed by atoms with Crippen molar-refractivity contribution in [1.29, 1.82) is 0 Å². The molecule has 0 aliphatic carbocycles. The maximum Gasteiger partial charge on any atom is 0.231 e. The van der Waals surface area contributed by atoms with Crippen molar-refractivity contribution in [1.82, 2.24) is 5.48 Å². The average molecular weight is 288 g/mol. The SMILES string of the molecule is CC(C)c1c(CNO)cc(Br)c2c1OCO2. The van der Waals surface area contributed by atoms with E-state index in [0.717, 1.165) is 27.1 Å². The molecule has 0 unspecified atom stereocenters. The smallest absolute Gasteiger partial charge is 0.231 e. The van der Waals surface area contributed by atoms with Gasteiger partial charge in [-0.2, -0.15) is 0 Å². The quantitative estimate of drug-likeness (QED) is 0.840. The minimum atomic E-state index is 0.254. The first-order valence-corrected chi connectivity index (χ1v) is 5.92. The van der Waals surface area contributed by atoms with Crippen molar-refractivity contribution in [2.75, 3.05) is 6.79 Å². The van der Waals surface area contributed by atoms with Crippen molar-refractivity contribution >= 4 is 15.9 Å². The van der Waals surface area contributed by atoms with Gasteiger partial charge in [0.25, 0.3) is 0 Å². The molecule has 16 heavy (non-hydrogen) atoms. The van der Waals surface area contributed by atoms with Gasteiger partial charge in [-0.15, -0.1) is 0 Å². The Bertz CT molecular complexity index is 407. The maximum atomic E-state index is 8.83. The molecule has 0 bridgehead atoms. The summed E-state index contributed by atoms with van der Waals surface area (Å²) >= 11 is 3.44. The second-order valence-corrected chi connectivity index (χ2v) is 4.84. The van der Waals surface area contributed by atoms with Gasteiger partial charge in [0.05, 0.1) is 4.47 Å². The Hall–Kier alpha value is -0.780. The van der Waals surface area contributed by atoms with Crippen LogP contribution in [-0.2, 0) is 6.54 Å². The fourth-order valence-corrected chi connectivity index (χ4v) is 2.53. The lowest BCUT2D eigenvalue weighted by Gasteiger charge is -2.16. The average Bonchev–Trinajstić information content (AvgIpc) is 2.66. The molecule has 0 fully saturated rings. The number of ether oxygens (including phenoxy) is 2. The lowest BCUT2D eigenvalue weighted by molar-refractivity contribution is 0.160. The van der Waals surface area contributed by atoms with Gasteiger partial charge in [-0.1, -0.05) is 13.8 Å². The number of hydroxylamine groups is 1. The molecule has 0 radical (unpaired) electrons. The Morgan fingerprint density at radius 2 is 2.12 bits per heavy atom. The summed E-state index contributed by atoms with van der Waals surface area (Å²) in [6.45, 7) is 4.82. The lowest BCUT2D eigenvalue weighted by atomic mass is 9.95. The molecule has 0 atom stereocenters. The second-order valence-electron chi connectivity index (χ2n) is 3.99. The van der Waals surface area contributed by atoms with Crippen molar-refractivity contribution in [3.63, 3.8) is 0 Å². The minimum Gasteiger partial charge on any atom is -0.453 e. The summed E-state index contributed by atoms with van der Waals surface area (Å²) in [5.41, 5.74) is 4.27. The topological polar surface area (TPSA) is 50.7 Å². The molecule has 0 amide bonds. The Kier molecular flexibility index (Phi) is 3.37. The van der Waals surface area contributed by atoms with E-state index in [4.69, 9.17) is 14.7 Å². The van der Waals surface area contributed by atoms with Crippen LogP contribution in [-0.4, -0.2) is 12.0 Å². The highest BCUT2D eigenvalue weighted by molar-refractivity contribution is 9.10. The number of fused-ring (bicyclic) bond motifs is 1. The third-order valence-corrected chi connectivity index (χ3v) is 3.16. The van der Waals surface area contributed by atoms with E-state index in [-0.39, 0.29) is 6.79 Å². The molecular weight excluding hydrogens is 274 g/mol. The molecule has 1 aromatic carbocycles. The molecule has 88 valence electrons. The van der Waals surface area contributed by atoms with Crippen LogP contribution in [0.15, 0.2) is 10.5 Å².